The van der Waals surface area contributed by atoms with Crippen LogP contribution in [-0.4, -0.2) is 42.5 Å². The van der Waals surface area contributed by atoms with E-state index < -0.39 is 5.91 Å². The van der Waals surface area contributed by atoms with Crippen molar-refractivity contribution in [3.63, 3.8) is 0 Å². The molecule has 1 amide bonds. The lowest BCUT2D eigenvalue weighted by Crippen LogP contribution is -2.35. The summed E-state index contributed by atoms with van der Waals surface area (Å²) in [4.78, 5) is 17.4. The number of rotatable bonds is 4. The third kappa shape index (κ3) is 3.43. The van der Waals surface area contributed by atoms with Gasteiger partial charge in [0, 0.05) is 19.3 Å². The molecular weight excluding hydrogens is 228 g/mol. The highest BCUT2D eigenvalue weighted by Gasteiger charge is 2.16. The van der Waals surface area contributed by atoms with E-state index in [0.717, 1.165) is 18.9 Å². The van der Waals surface area contributed by atoms with Crippen molar-refractivity contribution in [1.29, 1.82) is 0 Å². The molecule has 1 aliphatic rings. The topological polar surface area (TPSA) is 71.2 Å². The highest BCUT2D eigenvalue weighted by Crippen LogP contribution is 2.15. The Morgan fingerprint density at radius 3 is 3.06 bits per heavy atom. The number of carbonyl (C=O) groups excluding carboxylic acids is 1. The van der Waals surface area contributed by atoms with Crippen LogP contribution < -0.4 is 11.1 Å². The summed E-state index contributed by atoms with van der Waals surface area (Å²) in [6, 6.07) is 3.50. The van der Waals surface area contributed by atoms with Gasteiger partial charge in [-0.3, -0.25) is 4.79 Å². The lowest BCUT2D eigenvalue weighted by molar-refractivity contribution is 0.1000. The molecule has 2 heterocycles. The number of nitrogens with one attached hydrogen (secondary N) is 1. The van der Waals surface area contributed by atoms with Gasteiger partial charge in [0.1, 0.15) is 5.82 Å². The van der Waals surface area contributed by atoms with Crippen LogP contribution in [0.25, 0.3) is 0 Å². The first-order valence-corrected chi connectivity index (χ1v) is 6.33. The Hall–Kier alpha value is -1.62. The minimum atomic E-state index is -0.442. The van der Waals surface area contributed by atoms with E-state index in [9.17, 15) is 4.79 Å². The summed E-state index contributed by atoms with van der Waals surface area (Å²) in [7, 11) is 2.16. The van der Waals surface area contributed by atoms with Crippen molar-refractivity contribution in [2.45, 2.75) is 12.8 Å². The number of aromatic nitrogens is 1. The van der Waals surface area contributed by atoms with Crippen LogP contribution in [0.5, 0.6) is 0 Å². The van der Waals surface area contributed by atoms with Gasteiger partial charge < -0.3 is 16.0 Å². The lowest BCUT2D eigenvalue weighted by atomic mass is 9.98. The van der Waals surface area contributed by atoms with Crippen molar-refractivity contribution in [2.75, 3.05) is 32.0 Å². The summed E-state index contributed by atoms with van der Waals surface area (Å²) in [5, 5.41) is 3.31. The smallest absolute Gasteiger partial charge is 0.250 e. The average Bonchev–Trinajstić information content (AvgIpc) is 2.37. The average molecular weight is 248 g/mol. The molecule has 1 aromatic rings. The van der Waals surface area contributed by atoms with Crippen LogP contribution in [0.15, 0.2) is 18.3 Å². The van der Waals surface area contributed by atoms with Gasteiger partial charge >= 0.3 is 0 Å². The molecule has 0 aliphatic carbocycles. The van der Waals surface area contributed by atoms with E-state index in [4.69, 9.17) is 5.73 Å². The number of hydrogen-bond donors (Lipinski definition) is 2. The van der Waals surface area contributed by atoms with Crippen molar-refractivity contribution < 1.29 is 4.79 Å². The molecule has 0 aromatic carbocycles. The van der Waals surface area contributed by atoms with Crippen molar-refractivity contribution in [2.24, 2.45) is 11.7 Å². The van der Waals surface area contributed by atoms with Gasteiger partial charge in [0.05, 0.1) is 5.56 Å². The quantitative estimate of drug-likeness (QED) is 0.831. The minimum Gasteiger partial charge on any atom is -0.370 e. The van der Waals surface area contributed by atoms with Crippen molar-refractivity contribution in [3.8, 4) is 0 Å². The zero-order chi connectivity index (χ0) is 13.0. The summed E-state index contributed by atoms with van der Waals surface area (Å²) in [5.74, 6) is 1.03. The van der Waals surface area contributed by atoms with E-state index in [1.54, 1.807) is 12.1 Å². The van der Waals surface area contributed by atoms with Crippen molar-refractivity contribution in [3.05, 3.63) is 23.9 Å². The number of carbonyl (C=O) groups is 1. The SMILES string of the molecule is CN1CCCC(CNc2ccc(C(N)=O)cn2)C1. The normalized spacial score (nSPS) is 20.6. The molecular formula is C13H20N4O. The van der Waals surface area contributed by atoms with Crippen LogP contribution in [0.1, 0.15) is 23.2 Å². The van der Waals surface area contributed by atoms with E-state index in [1.165, 1.54) is 25.6 Å². The number of likely N-dealkylation sites (tertiary alicyclic amines) is 1. The summed E-state index contributed by atoms with van der Waals surface area (Å²) in [6.07, 6.45) is 4.03. The number of primary amides is 1. The molecule has 0 saturated carbocycles. The Morgan fingerprint density at radius 2 is 2.44 bits per heavy atom. The number of hydrogen-bond acceptors (Lipinski definition) is 4. The van der Waals surface area contributed by atoms with Crippen LogP contribution in [0.4, 0.5) is 5.82 Å². The third-order valence-electron chi connectivity index (χ3n) is 3.34. The van der Waals surface area contributed by atoms with Gasteiger partial charge in [0.15, 0.2) is 0 Å². The van der Waals surface area contributed by atoms with Gasteiger partial charge in [-0.1, -0.05) is 0 Å². The molecule has 0 radical (unpaired) electrons. The second-order valence-corrected chi connectivity index (χ2v) is 4.95. The molecule has 1 fully saturated rings. The standard InChI is InChI=1S/C13H20N4O/c1-17-6-2-3-10(9-17)7-15-12-5-4-11(8-16-12)13(14)18/h4-5,8,10H,2-3,6-7,9H2,1H3,(H2,14,18)(H,15,16). The molecule has 0 spiro atoms. The molecule has 1 unspecified atom stereocenters. The summed E-state index contributed by atoms with van der Waals surface area (Å²) in [6.45, 7) is 3.25. The zero-order valence-corrected chi connectivity index (χ0v) is 10.7. The largest absolute Gasteiger partial charge is 0.370 e. The maximum Gasteiger partial charge on any atom is 0.250 e. The molecule has 3 N–H and O–H groups in total. The van der Waals surface area contributed by atoms with Crippen molar-refractivity contribution in [1.82, 2.24) is 9.88 Å². The van der Waals surface area contributed by atoms with E-state index in [2.05, 4.69) is 22.2 Å². The molecule has 1 aromatic heterocycles. The fraction of sp³-hybridized carbons (Fsp3) is 0.538. The Labute approximate surface area is 107 Å². The highest BCUT2D eigenvalue weighted by molar-refractivity contribution is 5.92. The number of nitrogens with two attached hydrogens (primary N) is 1. The summed E-state index contributed by atoms with van der Waals surface area (Å²) >= 11 is 0. The molecule has 5 heteroatoms. The predicted octanol–water partition coefficient (Wildman–Crippen LogP) is 0.934. The van der Waals surface area contributed by atoms with E-state index in [-0.39, 0.29) is 0 Å². The highest BCUT2D eigenvalue weighted by atomic mass is 16.1. The number of anilines is 1. The maximum absolute atomic E-state index is 10.9. The Balaban J connectivity index is 1.84. The number of pyridine rings is 1. The molecule has 18 heavy (non-hydrogen) atoms. The van der Waals surface area contributed by atoms with E-state index in [0.29, 0.717) is 11.5 Å². The Kier molecular flexibility index (Phi) is 4.15. The van der Waals surface area contributed by atoms with Gasteiger partial charge in [0.25, 0.3) is 0 Å². The molecule has 1 aliphatic heterocycles. The summed E-state index contributed by atoms with van der Waals surface area (Å²) < 4.78 is 0. The Bertz CT molecular complexity index is 404. The van der Waals surface area contributed by atoms with Gasteiger partial charge in [0.2, 0.25) is 5.91 Å². The lowest BCUT2D eigenvalue weighted by Gasteiger charge is -2.29. The zero-order valence-electron chi connectivity index (χ0n) is 10.7. The van der Waals surface area contributed by atoms with Crippen LogP contribution in [0.2, 0.25) is 0 Å². The number of piperidine rings is 1. The summed E-state index contributed by atoms with van der Waals surface area (Å²) in [5.41, 5.74) is 5.61. The second kappa shape index (κ2) is 5.82. The van der Waals surface area contributed by atoms with Gasteiger partial charge in [-0.05, 0) is 44.5 Å². The third-order valence-corrected chi connectivity index (χ3v) is 3.34. The fourth-order valence-electron chi connectivity index (χ4n) is 2.33. The molecule has 1 saturated heterocycles. The van der Waals surface area contributed by atoms with Crippen LogP contribution >= 0.6 is 0 Å². The molecule has 1 atom stereocenters. The minimum absolute atomic E-state index is 0.442. The maximum atomic E-state index is 10.9. The van der Waals surface area contributed by atoms with Crippen LogP contribution in [0, 0.1) is 5.92 Å². The Morgan fingerprint density at radius 1 is 1.61 bits per heavy atom. The van der Waals surface area contributed by atoms with Gasteiger partial charge in [-0.2, -0.15) is 0 Å². The van der Waals surface area contributed by atoms with Crippen LogP contribution in [0.3, 0.4) is 0 Å². The molecule has 5 nitrogen and oxygen atoms in total. The van der Waals surface area contributed by atoms with E-state index >= 15 is 0 Å². The van der Waals surface area contributed by atoms with Gasteiger partial charge in [-0.25, -0.2) is 4.98 Å². The van der Waals surface area contributed by atoms with Crippen molar-refractivity contribution >= 4 is 11.7 Å². The number of amides is 1. The van der Waals surface area contributed by atoms with Gasteiger partial charge in [-0.15, -0.1) is 0 Å². The first-order valence-electron chi connectivity index (χ1n) is 6.33. The van der Waals surface area contributed by atoms with Crippen LogP contribution in [-0.2, 0) is 0 Å². The predicted molar refractivity (Wildman–Crippen MR) is 71.5 cm³/mol. The second-order valence-electron chi connectivity index (χ2n) is 4.95. The first kappa shape index (κ1) is 12.8. The molecule has 2 rings (SSSR count). The van der Waals surface area contributed by atoms with E-state index in [1.807, 2.05) is 0 Å². The fourth-order valence-corrected chi connectivity index (χ4v) is 2.33. The molecule has 98 valence electrons. The first-order chi connectivity index (χ1) is 8.65. The number of nitrogens with zero attached hydrogens (tertiary/aromatic N) is 2. The molecule has 0 bridgehead atoms. The monoisotopic (exact) mass is 248 g/mol.